The summed E-state index contributed by atoms with van der Waals surface area (Å²) in [6.45, 7) is 1.14. The van der Waals surface area contributed by atoms with Gasteiger partial charge in [-0.25, -0.2) is 0 Å². The molecule has 2 rings (SSSR count). The van der Waals surface area contributed by atoms with Crippen molar-refractivity contribution < 1.29 is 8.42 Å². The predicted octanol–water partition coefficient (Wildman–Crippen LogP) is 2.86. The van der Waals surface area contributed by atoms with Gasteiger partial charge in [0, 0.05) is 17.6 Å². The molecule has 17 heavy (non-hydrogen) atoms. The topological polar surface area (TPSA) is 49.4 Å². The minimum Gasteiger partial charge on any atom is -0.269 e. The molecule has 94 valence electrons. The van der Waals surface area contributed by atoms with Crippen LogP contribution < -0.4 is 4.72 Å². The van der Waals surface area contributed by atoms with E-state index in [2.05, 4.69) is 20.7 Å². The minimum absolute atomic E-state index is 0.385. The first kappa shape index (κ1) is 13.1. The van der Waals surface area contributed by atoms with E-state index < -0.39 is 10.2 Å². The van der Waals surface area contributed by atoms with Crippen molar-refractivity contribution in [3.63, 3.8) is 0 Å². The van der Waals surface area contributed by atoms with E-state index in [1.54, 1.807) is 18.2 Å². The Hall–Kier alpha value is -0.300. The summed E-state index contributed by atoms with van der Waals surface area (Å²) in [5.74, 6) is 0. The van der Waals surface area contributed by atoms with Gasteiger partial charge in [-0.15, -0.1) is 0 Å². The van der Waals surface area contributed by atoms with Gasteiger partial charge in [0.2, 0.25) is 0 Å². The zero-order chi connectivity index (χ0) is 12.5. The smallest absolute Gasteiger partial charge is 0.269 e. The first-order valence-electron chi connectivity index (χ1n) is 5.22. The van der Waals surface area contributed by atoms with Gasteiger partial charge in [-0.1, -0.05) is 27.5 Å². The maximum atomic E-state index is 12.0. The molecule has 1 aromatic carbocycles. The molecule has 0 aliphatic carbocycles. The maximum absolute atomic E-state index is 12.0. The predicted molar refractivity (Wildman–Crippen MR) is 72.5 cm³/mol. The van der Waals surface area contributed by atoms with Crippen LogP contribution in [0.1, 0.15) is 12.8 Å². The van der Waals surface area contributed by atoms with Gasteiger partial charge in [-0.05, 0) is 31.0 Å². The molecule has 0 bridgehead atoms. The van der Waals surface area contributed by atoms with Crippen LogP contribution in [-0.4, -0.2) is 25.8 Å². The van der Waals surface area contributed by atoms with Gasteiger partial charge < -0.3 is 0 Å². The van der Waals surface area contributed by atoms with Crippen molar-refractivity contribution in [2.45, 2.75) is 12.8 Å². The summed E-state index contributed by atoms with van der Waals surface area (Å²) in [5, 5.41) is 0.385. The van der Waals surface area contributed by atoms with Gasteiger partial charge in [0.25, 0.3) is 0 Å². The molecule has 1 aliphatic heterocycles. The monoisotopic (exact) mass is 338 g/mol. The van der Waals surface area contributed by atoms with Crippen molar-refractivity contribution in [1.82, 2.24) is 4.31 Å². The van der Waals surface area contributed by atoms with Gasteiger partial charge in [0.05, 0.1) is 10.7 Å². The van der Waals surface area contributed by atoms with Crippen molar-refractivity contribution in [1.29, 1.82) is 0 Å². The van der Waals surface area contributed by atoms with Crippen LogP contribution in [0.2, 0.25) is 5.02 Å². The standard InChI is InChI=1S/C10H12BrClN2O2S/c11-8-3-4-9(12)10(7-8)13-17(15,16)14-5-1-2-6-14/h3-4,7,13H,1-2,5-6H2. The average molecular weight is 340 g/mol. The maximum Gasteiger partial charge on any atom is 0.301 e. The fraction of sp³-hybridized carbons (Fsp3) is 0.400. The van der Waals surface area contributed by atoms with Crippen LogP contribution in [0.5, 0.6) is 0 Å². The molecule has 4 nitrogen and oxygen atoms in total. The molecule has 0 unspecified atom stereocenters. The van der Waals surface area contributed by atoms with Crippen molar-refractivity contribution in [3.05, 3.63) is 27.7 Å². The zero-order valence-electron chi connectivity index (χ0n) is 8.99. The Morgan fingerprint density at radius 3 is 2.59 bits per heavy atom. The van der Waals surface area contributed by atoms with Crippen LogP contribution in [0.25, 0.3) is 0 Å². The highest BCUT2D eigenvalue weighted by Gasteiger charge is 2.25. The number of rotatable bonds is 3. The summed E-state index contributed by atoms with van der Waals surface area (Å²) in [7, 11) is -3.47. The van der Waals surface area contributed by atoms with E-state index in [1.807, 2.05) is 0 Å². The molecular weight excluding hydrogens is 328 g/mol. The molecule has 0 aromatic heterocycles. The molecule has 7 heteroatoms. The van der Waals surface area contributed by atoms with E-state index in [4.69, 9.17) is 11.6 Å². The van der Waals surface area contributed by atoms with E-state index in [0.717, 1.165) is 17.3 Å². The highest BCUT2D eigenvalue weighted by molar-refractivity contribution is 9.10. The third-order valence-electron chi connectivity index (χ3n) is 2.57. The minimum atomic E-state index is -3.47. The second-order valence-corrected chi connectivity index (χ2v) is 6.83. The second-order valence-electron chi connectivity index (χ2n) is 3.84. The molecule has 1 aliphatic rings. The van der Waals surface area contributed by atoms with Gasteiger partial charge >= 0.3 is 10.2 Å². The molecule has 1 aromatic rings. The van der Waals surface area contributed by atoms with E-state index >= 15 is 0 Å². The number of anilines is 1. The van der Waals surface area contributed by atoms with Crippen LogP contribution in [0.4, 0.5) is 5.69 Å². The molecule has 0 radical (unpaired) electrons. The fourth-order valence-corrected chi connectivity index (χ4v) is 3.60. The zero-order valence-corrected chi connectivity index (χ0v) is 12.1. The Labute approximate surface area is 114 Å². The Kier molecular flexibility index (Phi) is 3.97. The lowest BCUT2D eigenvalue weighted by molar-refractivity contribution is 0.482. The molecule has 0 spiro atoms. The number of hydrogen-bond donors (Lipinski definition) is 1. The van der Waals surface area contributed by atoms with Crippen LogP contribution in [0, 0.1) is 0 Å². The molecule has 0 amide bonds. The largest absolute Gasteiger partial charge is 0.301 e. The number of benzene rings is 1. The number of nitrogens with one attached hydrogen (secondary N) is 1. The van der Waals surface area contributed by atoms with Crippen molar-refractivity contribution in [2.75, 3.05) is 17.8 Å². The molecule has 0 atom stereocenters. The van der Waals surface area contributed by atoms with Gasteiger partial charge in [0.15, 0.2) is 0 Å². The summed E-state index contributed by atoms with van der Waals surface area (Å²) in [6, 6.07) is 5.05. The number of nitrogens with zero attached hydrogens (tertiary/aromatic N) is 1. The Morgan fingerprint density at radius 1 is 1.29 bits per heavy atom. The first-order valence-corrected chi connectivity index (χ1v) is 7.83. The average Bonchev–Trinajstić information content (AvgIpc) is 2.77. The normalized spacial score (nSPS) is 17.3. The van der Waals surface area contributed by atoms with E-state index in [1.165, 1.54) is 4.31 Å². The second kappa shape index (κ2) is 5.14. The van der Waals surface area contributed by atoms with Crippen molar-refractivity contribution in [3.8, 4) is 0 Å². The van der Waals surface area contributed by atoms with Crippen molar-refractivity contribution >= 4 is 43.4 Å². The van der Waals surface area contributed by atoms with Crippen LogP contribution >= 0.6 is 27.5 Å². The molecule has 0 saturated carbocycles. The molecular formula is C10H12BrClN2O2S. The van der Waals surface area contributed by atoms with Crippen LogP contribution in [0.15, 0.2) is 22.7 Å². The molecule has 1 saturated heterocycles. The number of hydrogen-bond acceptors (Lipinski definition) is 2. The lowest BCUT2D eigenvalue weighted by Crippen LogP contribution is -2.33. The van der Waals surface area contributed by atoms with Gasteiger partial charge in [0.1, 0.15) is 0 Å². The van der Waals surface area contributed by atoms with Crippen molar-refractivity contribution in [2.24, 2.45) is 0 Å². The van der Waals surface area contributed by atoms with Crippen LogP contribution in [0.3, 0.4) is 0 Å². The lowest BCUT2D eigenvalue weighted by atomic mass is 10.3. The van der Waals surface area contributed by atoms with E-state index in [9.17, 15) is 8.42 Å². The third-order valence-corrected chi connectivity index (χ3v) is 4.92. The molecule has 1 N–H and O–H groups in total. The van der Waals surface area contributed by atoms with Gasteiger partial charge in [-0.3, -0.25) is 4.72 Å². The van der Waals surface area contributed by atoms with E-state index in [-0.39, 0.29) is 0 Å². The summed E-state index contributed by atoms with van der Waals surface area (Å²) >= 11 is 9.22. The highest BCUT2D eigenvalue weighted by Crippen LogP contribution is 2.27. The van der Waals surface area contributed by atoms with E-state index in [0.29, 0.717) is 23.8 Å². The third kappa shape index (κ3) is 3.13. The summed E-state index contributed by atoms with van der Waals surface area (Å²) in [5.41, 5.74) is 0.396. The summed E-state index contributed by atoms with van der Waals surface area (Å²) < 4.78 is 28.7. The molecule has 1 fully saturated rings. The van der Waals surface area contributed by atoms with Crippen LogP contribution in [-0.2, 0) is 10.2 Å². The Bertz CT molecular complexity index is 515. The Morgan fingerprint density at radius 2 is 1.94 bits per heavy atom. The fourth-order valence-electron chi connectivity index (χ4n) is 1.71. The number of halogens is 2. The van der Waals surface area contributed by atoms with Gasteiger partial charge in [-0.2, -0.15) is 12.7 Å². The highest BCUT2D eigenvalue weighted by atomic mass is 79.9. The molecule has 1 heterocycles. The SMILES string of the molecule is O=S(=O)(Nc1cc(Br)ccc1Cl)N1CCCC1. The lowest BCUT2D eigenvalue weighted by Gasteiger charge is -2.17. The summed E-state index contributed by atoms with van der Waals surface area (Å²) in [6.07, 6.45) is 1.82. The first-order chi connectivity index (χ1) is 7.99. The quantitative estimate of drug-likeness (QED) is 0.920. The summed E-state index contributed by atoms with van der Waals surface area (Å²) in [4.78, 5) is 0. The Balaban J connectivity index is 2.22.